The molecule has 0 spiro atoms. The first-order valence-corrected chi connectivity index (χ1v) is 5.50. The van der Waals surface area contributed by atoms with Crippen molar-refractivity contribution in [3.8, 4) is 0 Å². The van der Waals surface area contributed by atoms with Crippen molar-refractivity contribution < 1.29 is 18.0 Å². The SMILES string of the molecule is CN(Cc1ccoc1)C(=O)c1c(F)ccc(N)c1F. The largest absolute Gasteiger partial charge is 0.472 e. The summed E-state index contributed by atoms with van der Waals surface area (Å²) in [5.74, 6) is -2.75. The van der Waals surface area contributed by atoms with Gasteiger partial charge < -0.3 is 15.1 Å². The van der Waals surface area contributed by atoms with E-state index in [9.17, 15) is 13.6 Å². The van der Waals surface area contributed by atoms with E-state index in [1.807, 2.05) is 0 Å². The molecule has 2 N–H and O–H groups in total. The van der Waals surface area contributed by atoms with Crippen LogP contribution in [0.4, 0.5) is 14.5 Å². The summed E-state index contributed by atoms with van der Waals surface area (Å²) >= 11 is 0. The molecular formula is C13H12F2N2O2. The number of amides is 1. The number of carbonyl (C=O) groups is 1. The van der Waals surface area contributed by atoms with Crippen LogP contribution in [0.1, 0.15) is 15.9 Å². The van der Waals surface area contributed by atoms with Gasteiger partial charge in [-0.15, -0.1) is 0 Å². The molecule has 19 heavy (non-hydrogen) atoms. The van der Waals surface area contributed by atoms with Crippen molar-refractivity contribution in [1.29, 1.82) is 0 Å². The summed E-state index contributed by atoms with van der Waals surface area (Å²) in [6.07, 6.45) is 2.91. The smallest absolute Gasteiger partial charge is 0.259 e. The van der Waals surface area contributed by atoms with Crippen molar-refractivity contribution in [2.24, 2.45) is 0 Å². The van der Waals surface area contributed by atoms with Gasteiger partial charge in [0.2, 0.25) is 0 Å². The van der Waals surface area contributed by atoms with Gasteiger partial charge >= 0.3 is 0 Å². The van der Waals surface area contributed by atoms with Gasteiger partial charge in [0.25, 0.3) is 5.91 Å². The molecule has 0 aliphatic heterocycles. The molecule has 2 rings (SSSR count). The molecule has 0 unspecified atom stereocenters. The van der Waals surface area contributed by atoms with Crippen molar-refractivity contribution in [1.82, 2.24) is 4.90 Å². The van der Waals surface area contributed by atoms with E-state index in [0.717, 1.165) is 17.7 Å². The molecule has 2 aromatic rings. The molecule has 1 heterocycles. The highest BCUT2D eigenvalue weighted by atomic mass is 19.1. The second-order valence-corrected chi connectivity index (χ2v) is 4.12. The van der Waals surface area contributed by atoms with Crippen molar-refractivity contribution >= 4 is 11.6 Å². The maximum atomic E-state index is 13.7. The summed E-state index contributed by atoms with van der Waals surface area (Å²) in [6, 6.07) is 3.71. The second-order valence-electron chi connectivity index (χ2n) is 4.12. The number of rotatable bonds is 3. The summed E-state index contributed by atoms with van der Waals surface area (Å²) in [5, 5.41) is 0. The molecule has 0 atom stereocenters. The van der Waals surface area contributed by atoms with E-state index in [1.165, 1.54) is 24.5 Å². The van der Waals surface area contributed by atoms with E-state index >= 15 is 0 Å². The predicted molar refractivity (Wildman–Crippen MR) is 65.3 cm³/mol. The Hall–Kier alpha value is -2.37. The van der Waals surface area contributed by atoms with Gasteiger partial charge in [-0.3, -0.25) is 4.79 Å². The maximum Gasteiger partial charge on any atom is 0.259 e. The van der Waals surface area contributed by atoms with Gasteiger partial charge in [0.1, 0.15) is 11.4 Å². The van der Waals surface area contributed by atoms with Crippen LogP contribution in [0.15, 0.2) is 35.1 Å². The summed E-state index contributed by atoms with van der Waals surface area (Å²) < 4.78 is 32.1. The predicted octanol–water partition coefficient (Wildman–Crippen LogP) is 2.41. The topological polar surface area (TPSA) is 59.5 Å². The molecule has 1 aromatic carbocycles. The number of anilines is 1. The quantitative estimate of drug-likeness (QED) is 0.868. The third-order valence-corrected chi connectivity index (χ3v) is 2.68. The highest BCUT2D eigenvalue weighted by molar-refractivity contribution is 5.95. The molecule has 0 saturated carbocycles. The Morgan fingerprint density at radius 3 is 2.74 bits per heavy atom. The lowest BCUT2D eigenvalue weighted by Crippen LogP contribution is -2.28. The van der Waals surface area contributed by atoms with Crippen molar-refractivity contribution in [3.63, 3.8) is 0 Å². The molecule has 0 bridgehead atoms. The standard InChI is InChI=1S/C13H12F2N2O2/c1-17(6-8-4-5-19-7-8)13(18)11-9(14)2-3-10(16)12(11)15/h2-5,7H,6,16H2,1H3. The van der Waals surface area contributed by atoms with E-state index in [-0.39, 0.29) is 12.2 Å². The zero-order valence-electron chi connectivity index (χ0n) is 10.2. The number of nitrogens with two attached hydrogens (primary N) is 1. The normalized spacial score (nSPS) is 10.5. The first-order valence-electron chi connectivity index (χ1n) is 5.50. The van der Waals surface area contributed by atoms with Gasteiger partial charge in [-0.25, -0.2) is 8.78 Å². The Labute approximate surface area is 108 Å². The van der Waals surface area contributed by atoms with E-state index in [1.54, 1.807) is 6.07 Å². The van der Waals surface area contributed by atoms with Gasteiger partial charge in [-0.05, 0) is 18.2 Å². The molecular weight excluding hydrogens is 254 g/mol. The van der Waals surface area contributed by atoms with Gasteiger partial charge in [0.15, 0.2) is 5.82 Å². The van der Waals surface area contributed by atoms with E-state index in [4.69, 9.17) is 10.2 Å². The molecule has 0 aliphatic rings. The highest BCUT2D eigenvalue weighted by Gasteiger charge is 2.22. The number of hydrogen-bond acceptors (Lipinski definition) is 3. The molecule has 100 valence electrons. The monoisotopic (exact) mass is 266 g/mol. The lowest BCUT2D eigenvalue weighted by Gasteiger charge is -2.17. The van der Waals surface area contributed by atoms with Gasteiger partial charge in [0, 0.05) is 19.2 Å². The third kappa shape index (κ3) is 2.57. The van der Waals surface area contributed by atoms with Crippen LogP contribution in [0.5, 0.6) is 0 Å². The van der Waals surface area contributed by atoms with Gasteiger partial charge in [0.05, 0.1) is 18.2 Å². The average molecular weight is 266 g/mol. The molecule has 1 aromatic heterocycles. The number of nitrogens with zero attached hydrogens (tertiary/aromatic N) is 1. The Bertz CT molecular complexity index is 597. The van der Waals surface area contributed by atoms with E-state index in [0.29, 0.717) is 0 Å². The summed E-state index contributed by atoms with van der Waals surface area (Å²) in [5.41, 5.74) is 5.15. The van der Waals surface area contributed by atoms with Crippen LogP contribution < -0.4 is 5.73 Å². The minimum atomic E-state index is -1.04. The van der Waals surface area contributed by atoms with E-state index in [2.05, 4.69) is 0 Å². The Kier molecular flexibility index (Phi) is 3.50. The lowest BCUT2D eigenvalue weighted by molar-refractivity contribution is 0.0775. The van der Waals surface area contributed by atoms with Crippen LogP contribution in [-0.4, -0.2) is 17.9 Å². The maximum absolute atomic E-state index is 13.7. The fourth-order valence-electron chi connectivity index (χ4n) is 1.68. The number of benzene rings is 1. The number of nitrogen functional groups attached to an aromatic ring is 1. The van der Waals surface area contributed by atoms with Crippen LogP contribution in [0, 0.1) is 11.6 Å². The molecule has 0 radical (unpaired) electrons. The molecule has 6 heteroatoms. The second kappa shape index (κ2) is 5.09. The first-order chi connectivity index (χ1) is 9.00. The molecule has 0 aliphatic carbocycles. The number of furan rings is 1. The highest BCUT2D eigenvalue weighted by Crippen LogP contribution is 2.20. The van der Waals surface area contributed by atoms with Crippen LogP contribution in [0.3, 0.4) is 0 Å². The summed E-state index contributed by atoms with van der Waals surface area (Å²) in [6.45, 7) is 0.184. The van der Waals surface area contributed by atoms with E-state index < -0.39 is 23.1 Å². The number of carbonyl (C=O) groups excluding carboxylic acids is 1. The van der Waals surface area contributed by atoms with Gasteiger partial charge in [-0.2, -0.15) is 0 Å². The fourth-order valence-corrected chi connectivity index (χ4v) is 1.68. The molecule has 0 fully saturated rings. The molecule has 1 amide bonds. The van der Waals surface area contributed by atoms with Crippen LogP contribution in [0.2, 0.25) is 0 Å². The summed E-state index contributed by atoms with van der Waals surface area (Å²) in [7, 11) is 1.44. The Balaban J connectivity index is 2.27. The van der Waals surface area contributed by atoms with Gasteiger partial charge in [-0.1, -0.05) is 0 Å². The zero-order chi connectivity index (χ0) is 14.0. The number of hydrogen-bond donors (Lipinski definition) is 1. The van der Waals surface area contributed by atoms with Crippen molar-refractivity contribution in [3.05, 3.63) is 53.5 Å². The zero-order valence-corrected chi connectivity index (χ0v) is 10.2. The Morgan fingerprint density at radius 1 is 1.37 bits per heavy atom. The lowest BCUT2D eigenvalue weighted by atomic mass is 10.1. The van der Waals surface area contributed by atoms with Crippen molar-refractivity contribution in [2.75, 3.05) is 12.8 Å². The fraction of sp³-hybridized carbons (Fsp3) is 0.154. The third-order valence-electron chi connectivity index (χ3n) is 2.68. The Morgan fingerprint density at radius 2 is 2.11 bits per heavy atom. The van der Waals surface area contributed by atoms with Crippen LogP contribution in [-0.2, 0) is 6.54 Å². The first kappa shape index (κ1) is 13.1. The minimum Gasteiger partial charge on any atom is -0.472 e. The minimum absolute atomic E-state index is 0.184. The average Bonchev–Trinajstić information content (AvgIpc) is 2.87. The van der Waals surface area contributed by atoms with Crippen LogP contribution >= 0.6 is 0 Å². The van der Waals surface area contributed by atoms with Crippen molar-refractivity contribution in [2.45, 2.75) is 6.54 Å². The molecule has 0 saturated heterocycles. The summed E-state index contributed by atoms with van der Waals surface area (Å²) in [4.78, 5) is 13.2. The van der Waals surface area contributed by atoms with Crippen LogP contribution in [0.25, 0.3) is 0 Å². The number of halogens is 2. The molecule has 4 nitrogen and oxygen atoms in total.